The summed E-state index contributed by atoms with van der Waals surface area (Å²) in [5.74, 6) is 0.303. The smallest absolute Gasteiger partial charge is 0.795 e. The minimum absolute atomic E-state index is 0. The number of aromatic nitrogens is 1. The molecule has 1 fully saturated rings. The molecule has 3 aromatic rings. The van der Waals surface area contributed by atoms with Gasteiger partial charge in [-0.2, -0.15) is 0 Å². The average molecular weight is 672 g/mol. The van der Waals surface area contributed by atoms with Crippen molar-refractivity contribution < 1.29 is 70.1 Å². The van der Waals surface area contributed by atoms with Gasteiger partial charge in [-0.05, 0) is 75.0 Å². The number of aliphatic imine (C=N–C) groups is 2. The maximum Gasteiger partial charge on any atom is 1.00 e. The molecule has 1 N–H and O–H groups in total. The number of fused-ring (bicyclic) bond motifs is 1. The Hall–Kier alpha value is -0.714. The van der Waals surface area contributed by atoms with E-state index in [0.717, 1.165) is 59.2 Å². The number of hydrogen-bond donors (Lipinski definition) is 1. The third-order valence-corrected chi connectivity index (χ3v) is 7.62. The molecule has 4 rings (SSSR count). The van der Waals surface area contributed by atoms with Crippen LogP contribution in [-0.4, -0.2) is 85.3 Å². The Morgan fingerprint density at radius 2 is 1.77 bits per heavy atom. The van der Waals surface area contributed by atoms with Gasteiger partial charge in [0.25, 0.3) is 0 Å². The van der Waals surface area contributed by atoms with Crippen LogP contribution in [0.25, 0.3) is 20.8 Å². The number of anilines is 1. The van der Waals surface area contributed by atoms with Gasteiger partial charge in [0, 0.05) is 24.9 Å². The fourth-order valence-electron chi connectivity index (χ4n) is 3.93. The molecule has 0 spiro atoms. The van der Waals surface area contributed by atoms with Crippen LogP contribution in [0.1, 0.15) is 26.2 Å². The van der Waals surface area contributed by atoms with Crippen LogP contribution in [0.5, 0.6) is 0 Å². The number of likely N-dealkylation sites (N-methyl/N-ethyl adjacent to an activating group) is 1. The van der Waals surface area contributed by atoms with Crippen molar-refractivity contribution in [3.8, 4) is 10.6 Å². The first-order chi connectivity index (χ1) is 20.5. The first-order valence-electron chi connectivity index (χ1n) is 13.9. The van der Waals surface area contributed by atoms with E-state index in [-0.39, 0.29) is 51.4 Å². The number of guanidine groups is 1. The molecule has 0 radical (unpaired) electrons. The van der Waals surface area contributed by atoms with Crippen LogP contribution in [0.4, 0.5) is 5.69 Å². The van der Waals surface area contributed by atoms with Gasteiger partial charge >= 0.3 is 51.4 Å². The van der Waals surface area contributed by atoms with Gasteiger partial charge in [0.1, 0.15) is 10.2 Å². The number of rotatable bonds is 4. The number of benzene rings is 2. The molecule has 0 amide bonds. The van der Waals surface area contributed by atoms with Gasteiger partial charge in [-0.1, -0.05) is 30.3 Å². The minimum Gasteiger partial charge on any atom is -0.795 e. The summed E-state index contributed by atoms with van der Waals surface area (Å²) in [5, 5.41) is 4.28. The average Bonchev–Trinajstić information content (AvgIpc) is 3.41. The van der Waals surface area contributed by atoms with Crippen LogP contribution in [0.2, 0.25) is 0 Å². The third-order valence-electron chi connectivity index (χ3n) is 6.02. The molecule has 1 aliphatic rings. The van der Waals surface area contributed by atoms with Crippen molar-refractivity contribution >= 4 is 62.0 Å². The van der Waals surface area contributed by atoms with Crippen molar-refractivity contribution in [3.05, 3.63) is 55.2 Å². The summed E-state index contributed by atoms with van der Waals surface area (Å²) < 4.78 is 28.6. The molecule has 228 valence electrons. The molecular weight excluding hydrogens is 633 g/mol. The number of nitrogens with zero attached hydrogens (tertiary/aromatic N) is 4. The van der Waals surface area contributed by atoms with Gasteiger partial charge in [-0.15, -0.1) is 11.3 Å². The van der Waals surface area contributed by atoms with Gasteiger partial charge in [-0.3, -0.25) is 0 Å². The maximum absolute atomic E-state index is 11.3. The second kappa shape index (κ2) is 22.7. The standard InChI is InChI=1S/C18H15ClN4OS2.C12H25NO3.K/c1-3-20-18(21-11(2)19)23-14-9-8-12(26-24)10-13(14)17-22-15-6-4-5-7-16(15)25-17;1-13-5-3-2-4-7-14-9-11-16-12-10-15-8-6-13;/h3-10,24H,1H2,2H3,(H,20,23);2-12H2,1H3;/q;;+1/p-1/b21-11+;;. The summed E-state index contributed by atoms with van der Waals surface area (Å²) >= 11 is 7.86. The molecule has 0 bridgehead atoms. The zero-order valence-electron chi connectivity index (χ0n) is 25.2. The van der Waals surface area contributed by atoms with E-state index in [0.29, 0.717) is 54.5 Å². The van der Waals surface area contributed by atoms with E-state index >= 15 is 0 Å². The Morgan fingerprint density at radius 1 is 1.05 bits per heavy atom. The topological polar surface area (TPSA) is 104 Å². The van der Waals surface area contributed by atoms with Crippen molar-refractivity contribution in [1.29, 1.82) is 0 Å². The molecule has 2 aromatic carbocycles. The maximum atomic E-state index is 11.3. The molecule has 9 nitrogen and oxygen atoms in total. The summed E-state index contributed by atoms with van der Waals surface area (Å²) in [5.41, 5.74) is 2.43. The molecule has 1 aromatic heterocycles. The molecule has 1 saturated heterocycles. The van der Waals surface area contributed by atoms with E-state index in [1.807, 2.05) is 24.3 Å². The van der Waals surface area contributed by atoms with Crippen LogP contribution in [0.3, 0.4) is 0 Å². The zero-order valence-corrected chi connectivity index (χ0v) is 30.7. The quantitative estimate of drug-likeness (QED) is 0.193. The number of para-hydroxylation sites is 1. The number of halogens is 1. The first kappa shape index (κ1) is 38.5. The van der Waals surface area contributed by atoms with E-state index in [4.69, 9.17) is 25.8 Å². The van der Waals surface area contributed by atoms with E-state index < -0.39 is 0 Å². The second-order valence-corrected chi connectivity index (χ2v) is 11.6. The van der Waals surface area contributed by atoms with Gasteiger partial charge in [0.2, 0.25) is 5.96 Å². The van der Waals surface area contributed by atoms with Crippen molar-refractivity contribution in [3.63, 3.8) is 0 Å². The molecule has 0 aliphatic carbocycles. The number of ether oxygens (including phenoxy) is 3. The summed E-state index contributed by atoms with van der Waals surface area (Å²) in [6, 6.07) is 13.2. The van der Waals surface area contributed by atoms with Crippen LogP contribution in [0, 0.1) is 0 Å². The van der Waals surface area contributed by atoms with Crippen LogP contribution in [-0.2, 0) is 14.2 Å². The van der Waals surface area contributed by atoms with Gasteiger partial charge in [0.05, 0.1) is 48.9 Å². The molecule has 2 heterocycles. The van der Waals surface area contributed by atoms with Crippen molar-refractivity contribution in [1.82, 2.24) is 9.88 Å². The van der Waals surface area contributed by atoms with Crippen LogP contribution >= 0.6 is 35.0 Å². The first-order valence-corrected chi connectivity index (χ1v) is 15.8. The van der Waals surface area contributed by atoms with E-state index in [2.05, 4.69) is 38.8 Å². The summed E-state index contributed by atoms with van der Waals surface area (Å²) in [7, 11) is 2.15. The fourth-order valence-corrected chi connectivity index (χ4v) is 5.29. The molecule has 1 aliphatic heterocycles. The largest absolute Gasteiger partial charge is 1.00 e. The van der Waals surface area contributed by atoms with Crippen LogP contribution < -0.4 is 56.7 Å². The summed E-state index contributed by atoms with van der Waals surface area (Å²) in [6.07, 6.45) is 5.03. The molecule has 13 heteroatoms. The van der Waals surface area contributed by atoms with Crippen LogP contribution in [0.15, 0.2) is 70.1 Å². The SMILES string of the molecule is C=CN=C(/N=C(\C)Cl)Nc1ccc(S[O-])cc1-c1nc2ccccc2s1.CN1CCCCCOCCOCCOCC1.[K+]. The number of thiazole rings is 1. The second-order valence-electron chi connectivity index (χ2n) is 9.35. The zero-order chi connectivity index (χ0) is 30.0. The van der Waals surface area contributed by atoms with Crippen molar-refractivity contribution in [2.45, 2.75) is 31.1 Å². The predicted molar refractivity (Wildman–Crippen MR) is 176 cm³/mol. The number of nitrogens with one attached hydrogen (secondary N) is 1. The monoisotopic (exact) mass is 671 g/mol. The third kappa shape index (κ3) is 15.0. The molecule has 0 atom stereocenters. The Kier molecular flexibility index (Phi) is 20.3. The van der Waals surface area contributed by atoms with Gasteiger partial charge < -0.3 is 29.0 Å². The molecule has 43 heavy (non-hydrogen) atoms. The minimum atomic E-state index is 0. The van der Waals surface area contributed by atoms with Gasteiger partial charge in [0.15, 0.2) is 0 Å². The van der Waals surface area contributed by atoms with Gasteiger partial charge in [-0.25, -0.2) is 27.0 Å². The predicted octanol–water partition coefficient (Wildman–Crippen LogP) is 3.91. The summed E-state index contributed by atoms with van der Waals surface area (Å²) in [4.78, 5) is 15.8. The Morgan fingerprint density at radius 3 is 2.47 bits per heavy atom. The molecule has 0 saturated carbocycles. The number of hydrogen-bond acceptors (Lipinski definition) is 9. The molecular formula is C30H39ClKN5O4S2. The Balaban J connectivity index is 0.000000328. The Bertz CT molecular complexity index is 1260. The normalized spacial score (nSPS) is 16.7. The van der Waals surface area contributed by atoms with Crippen molar-refractivity contribution in [2.75, 3.05) is 65.1 Å². The van der Waals surface area contributed by atoms with Crippen molar-refractivity contribution in [2.24, 2.45) is 9.98 Å². The van der Waals surface area contributed by atoms with E-state index in [9.17, 15) is 4.55 Å². The Labute approximate surface area is 310 Å². The fraction of sp³-hybridized carbons (Fsp3) is 0.433. The summed E-state index contributed by atoms with van der Waals surface area (Å²) in [6.45, 7) is 11.8. The van der Waals surface area contributed by atoms with E-state index in [1.165, 1.54) is 19.0 Å². The van der Waals surface area contributed by atoms with E-state index in [1.54, 1.807) is 36.5 Å². The molecule has 0 unspecified atom stereocenters.